The summed E-state index contributed by atoms with van der Waals surface area (Å²) in [6, 6.07) is 15.7. The summed E-state index contributed by atoms with van der Waals surface area (Å²) < 4.78 is 68.8. The summed E-state index contributed by atoms with van der Waals surface area (Å²) in [6.45, 7) is 1.50. The SMILES string of the molecule is COCCC(=Cc1ccccc1)[C@@H]1C[C@H]1NC1CCC(NCc2ccc(C(=O)O)nc2)CC1.O=C(O)C(F)(F)F.O=C(O)C(F)(F)F. The predicted octanol–water partition coefficient (Wildman–Crippen LogP) is 5.55. The number of aromatic carboxylic acids is 1. The number of carboxylic acid groups (broad SMARTS) is 3. The van der Waals surface area contributed by atoms with Crippen molar-refractivity contribution in [1.29, 1.82) is 0 Å². The van der Waals surface area contributed by atoms with Gasteiger partial charge in [0.25, 0.3) is 0 Å². The molecule has 1 aromatic heterocycles. The van der Waals surface area contributed by atoms with Crippen LogP contribution >= 0.6 is 0 Å². The van der Waals surface area contributed by atoms with Crippen molar-refractivity contribution in [1.82, 2.24) is 15.6 Å². The van der Waals surface area contributed by atoms with Gasteiger partial charge in [-0.1, -0.05) is 48.0 Å². The standard InChI is InChI=1S/C27H35N3O3.2C2HF3O2/c1-33-14-13-21(15-19-5-3-2-4-6-19)24-16-26(24)30-23-10-8-22(9-11-23)28-17-20-7-12-25(27(31)32)29-18-20;2*3-2(4,5)1(6)7/h2-7,12,15,18,22-24,26,28,30H,8-11,13-14,16-17H2,1H3,(H,31,32);2*(H,6,7)/t22?,23?,24-,26+;;/m0../s1. The highest BCUT2D eigenvalue weighted by molar-refractivity contribution is 5.85. The van der Waals surface area contributed by atoms with Crippen LogP contribution in [0.4, 0.5) is 26.3 Å². The van der Waals surface area contributed by atoms with Gasteiger partial charge in [0.1, 0.15) is 5.69 Å². The van der Waals surface area contributed by atoms with Gasteiger partial charge < -0.3 is 30.7 Å². The van der Waals surface area contributed by atoms with Crippen molar-refractivity contribution in [3.05, 3.63) is 71.1 Å². The highest BCUT2D eigenvalue weighted by atomic mass is 19.4. The Morgan fingerprint density at radius 1 is 0.894 bits per heavy atom. The van der Waals surface area contributed by atoms with Gasteiger partial charge in [-0.25, -0.2) is 19.4 Å². The largest absolute Gasteiger partial charge is 0.490 e. The molecular formula is C31H37F6N3O7. The van der Waals surface area contributed by atoms with Crippen LogP contribution < -0.4 is 10.6 Å². The van der Waals surface area contributed by atoms with Gasteiger partial charge in [0.05, 0.1) is 0 Å². The monoisotopic (exact) mass is 677 g/mol. The minimum absolute atomic E-state index is 0.0905. The zero-order valence-corrected chi connectivity index (χ0v) is 25.4. The number of carbonyl (C=O) groups is 3. The Morgan fingerprint density at radius 3 is 1.91 bits per heavy atom. The lowest BCUT2D eigenvalue weighted by Crippen LogP contribution is -2.40. The molecule has 2 aliphatic rings. The van der Waals surface area contributed by atoms with Crippen LogP contribution in [0.15, 0.2) is 54.2 Å². The predicted molar refractivity (Wildman–Crippen MR) is 157 cm³/mol. The number of hydrogen-bond acceptors (Lipinski definition) is 7. The van der Waals surface area contributed by atoms with E-state index in [2.05, 4.69) is 52.0 Å². The van der Waals surface area contributed by atoms with Crippen molar-refractivity contribution in [2.75, 3.05) is 13.7 Å². The molecule has 2 aliphatic carbocycles. The molecule has 0 saturated heterocycles. The summed E-state index contributed by atoms with van der Waals surface area (Å²) in [7, 11) is 1.77. The first-order valence-corrected chi connectivity index (χ1v) is 14.5. The van der Waals surface area contributed by atoms with Gasteiger partial charge in [0, 0.05) is 44.6 Å². The topological polar surface area (TPSA) is 158 Å². The third-order valence-electron chi connectivity index (χ3n) is 7.31. The zero-order chi connectivity index (χ0) is 35.2. The minimum Gasteiger partial charge on any atom is -0.477 e. The number of rotatable bonds is 11. The van der Waals surface area contributed by atoms with Crippen molar-refractivity contribution in [2.24, 2.45) is 5.92 Å². The van der Waals surface area contributed by atoms with Gasteiger partial charge in [0.15, 0.2) is 0 Å². The first kappa shape index (κ1) is 39.2. The highest BCUT2D eigenvalue weighted by Crippen LogP contribution is 2.41. The van der Waals surface area contributed by atoms with Gasteiger partial charge >= 0.3 is 30.3 Å². The van der Waals surface area contributed by atoms with E-state index in [1.54, 1.807) is 19.4 Å². The van der Waals surface area contributed by atoms with Crippen LogP contribution in [-0.4, -0.2) is 82.4 Å². The Hall–Kier alpha value is -4.02. The molecule has 2 saturated carbocycles. The zero-order valence-electron chi connectivity index (χ0n) is 25.4. The lowest BCUT2D eigenvalue weighted by Gasteiger charge is -2.30. The third-order valence-corrected chi connectivity index (χ3v) is 7.31. The van der Waals surface area contributed by atoms with Crippen LogP contribution in [0.3, 0.4) is 0 Å². The average molecular weight is 678 g/mol. The molecule has 0 amide bonds. The maximum atomic E-state index is 10.9. The molecule has 2 aromatic rings. The average Bonchev–Trinajstić information content (AvgIpc) is 3.78. The summed E-state index contributed by atoms with van der Waals surface area (Å²) in [4.78, 5) is 32.7. The smallest absolute Gasteiger partial charge is 0.477 e. The molecule has 2 atom stereocenters. The van der Waals surface area contributed by atoms with E-state index >= 15 is 0 Å². The number of benzene rings is 1. The molecule has 2 fully saturated rings. The second-order valence-electron chi connectivity index (χ2n) is 10.9. The number of halogens is 6. The normalized spacial score (nSPS) is 21.0. The molecule has 0 bridgehead atoms. The van der Waals surface area contributed by atoms with Gasteiger partial charge in [-0.15, -0.1) is 0 Å². The van der Waals surface area contributed by atoms with E-state index in [4.69, 9.17) is 29.6 Å². The first-order valence-electron chi connectivity index (χ1n) is 14.5. The molecule has 1 heterocycles. The van der Waals surface area contributed by atoms with Crippen molar-refractivity contribution >= 4 is 24.0 Å². The van der Waals surface area contributed by atoms with E-state index < -0.39 is 30.3 Å². The molecule has 0 unspecified atom stereocenters. The molecule has 5 N–H and O–H groups in total. The molecule has 0 aliphatic heterocycles. The van der Waals surface area contributed by atoms with Crippen LogP contribution in [-0.2, 0) is 20.9 Å². The second-order valence-corrected chi connectivity index (χ2v) is 10.9. The number of nitrogens with one attached hydrogen (secondary N) is 2. The second kappa shape index (κ2) is 18.4. The Morgan fingerprint density at radius 2 is 1.45 bits per heavy atom. The molecule has 16 heteroatoms. The Labute approximate surface area is 266 Å². The van der Waals surface area contributed by atoms with Gasteiger partial charge in [0.2, 0.25) is 0 Å². The molecule has 0 spiro atoms. The number of hydrogen-bond donors (Lipinski definition) is 5. The quantitative estimate of drug-likeness (QED) is 0.191. The number of pyridine rings is 1. The summed E-state index contributed by atoms with van der Waals surface area (Å²) in [5.41, 5.74) is 3.88. The molecule has 260 valence electrons. The maximum Gasteiger partial charge on any atom is 0.490 e. The Balaban J connectivity index is 0.000000459. The number of ether oxygens (including phenoxy) is 1. The van der Waals surface area contributed by atoms with Crippen LogP contribution in [0.1, 0.15) is 60.1 Å². The van der Waals surface area contributed by atoms with E-state index in [1.165, 1.54) is 30.4 Å². The van der Waals surface area contributed by atoms with Crippen molar-refractivity contribution in [3.63, 3.8) is 0 Å². The number of nitrogens with zero attached hydrogens (tertiary/aromatic N) is 1. The van der Waals surface area contributed by atoms with Crippen LogP contribution in [0.2, 0.25) is 0 Å². The first-order chi connectivity index (χ1) is 22.0. The fourth-order valence-corrected chi connectivity index (χ4v) is 4.82. The molecular weight excluding hydrogens is 640 g/mol. The summed E-state index contributed by atoms with van der Waals surface area (Å²) >= 11 is 0. The number of aromatic nitrogens is 1. The van der Waals surface area contributed by atoms with E-state index in [0.717, 1.165) is 38.0 Å². The van der Waals surface area contributed by atoms with Crippen LogP contribution in [0.5, 0.6) is 0 Å². The van der Waals surface area contributed by atoms with E-state index in [9.17, 15) is 31.1 Å². The maximum absolute atomic E-state index is 10.9. The fourth-order valence-electron chi connectivity index (χ4n) is 4.82. The van der Waals surface area contributed by atoms with Gasteiger partial charge in [-0.2, -0.15) is 26.3 Å². The number of methoxy groups -OCH3 is 1. The molecule has 10 nitrogen and oxygen atoms in total. The minimum atomic E-state index is -5.08. The number of alkyl halides is 6. The van der Waals surface area contributed by atoms with E-state index in [0.29, 0.717) is 24.0 Å². The van der Waals surface area contributed by atoms with Crippen molar-refractivity contribution in [2.45, 2.75) is 75.5 Å². The molecule has 47 heavy (non-hydrogen) atoms. The Kier molecular flexibility index (Phi) is 15.3. The summed E-state index contributed by atoms with van der Waals surface area (Å²) in [6.07, 6.45) is 0.746. The van der Waals surface area contributed by atoms with E-state index in [-0.39, 0.29) is 5.69 Å². The molecule has 4 rings (SSSR count). The number of aliphatic carboxylic acids is 2. The molecule has 1 aromatic carbocycles. The lowest BCUT2D eigenvalue weighted by molar-refractivity contribution is -0.193. The Bertz CT molecular complexity index is 1290. The highest BCUT2D eigenvalue weighted by Gasteiger charge is 2.41. The fraction of sp³-hybridized carbons (Fsp3) is 0.484. The molecule has 0 radical (unpaired) electrons. The third kappa shape index (κ3) is 15.0. The summed E-state index contributed by atoms with van der Waals surface area (Å²) in [5.74, 6) is -5.88. The van der Waals surface area contributed by atoms with Crippen molar-refractivity contribution < 1.29 is 60.8 Å². The van der Waals surface area contributed by atoms with Gasteiger partial charge in [-0.05, 0) is 61.6 Å². The lowest BCUT2D eigenvalue weighted by atomic mass is 9.91. The van der Waals surface area contributed by atoms with Crippen molar-refractivity contribution in [3.8, 4) is 0 Å². The van der Waals surface area contributed by atoms with Crippen LogP contribution in [0, 0.1) is 5.92 Å². The summed E-state index contributed by atoms with van der Waals surface area (Å²) in [5, 5.41) is 30.7. The van der Waals surface area contributed by atoms with Gasteiger partial charge in [-0.3, -0.25) is 0 Å². The van der Waals surface area contributed by atoms with E-state index in [1.807, 2.05) is 6.07 Å². The van der Waals surface area contributed by atoms with Crippen LogP contribution in [0.25, 0.3) is 6.08 Å². The number of carboxylic acids is 3.